The SMILES string of the molecule is COc1cc(-c2ccc(NC(=O)/C=C/c3ccc(C(C)(C)C)cc3)c(OC)c2)ccc1NC(=O)/C=C/c1ccc(C(C)(C)C)cc1. The van der Waals surface area contributed by atoms with Crippen LogP contribution in [0.5, 0.6) is 11.5 Å². The number of rotatable bonds is 9. The third-order valence-corrected chi connectivity index (χ3v) is 7.66. The van der Waals surface area contributed by atoms with Crippen molar-refractivity contribution in [1.29, 1.82) is 0 Å². The van der Waals surface area contributed by atoms with Gasteiger partial charge in [0, 0.05) is 12.2 Å². The molecule has 0 fully saturated rings. The maximum Gasteiger partial charge on any atom is 0.248 e. The molecular weight excluding hydrogens is 572 g/mol. The quantitative estimate of drug-likeness (QED) is 0.184. The summed E-state index contributed by atoms with van der Waals surface area (Å²) in [5.74, 6) is 0.518. The highest BCUT2D eigenvalue weighted by Crippen LogP contribution is 2.35. The molecule has 4 rings (SSSR count). The van der Waals surface area contributed by atoms with E-state index in [4.69, 9.17) is 9.47 Å². The normalized spacial score (nSPS) is 11.9. The van der Waals surface area contributed by atoms with E-state index >= 15 is 0 Å². The second-order valence-corrected chi connectivity index (χ2v) is 13.2. The van der Waals surface area contributed by atoms with E-state index in [0.29, 0.717) is 22.9 Å². The van der Waals surface area contributed by atoms with Gasteiger partial charge in [0.25, 0.3) is 0 Å². The Labute approximate surface area is 273 Å². The standard InChI is InChI=1S/C40H44N2O4/c1-39(2,3)31-17-9-27(10-18-31)13-23-37(43)41-33-21-15-29(25-35(33)45-7)30-16-22-34(36(26-30)46-8)42-38(44)24-14-28-11-19-32(20-12-28)40(4,5)6/h9-26H,1-8H3,(H,41,43)(H,42,44)/b23-13+,24-14+. The lowest BCUT2D eigenvalue weighted by atomic mass is 9.87. The smallest absolute Gasteiger partial charge is 0.248 e. The number of amides is 2. The minimum Gasteiger partial charge on any atom is -0.495 e. The van der Waals surface area contributed by atoms with Crippen LogP contribution in [0.3, 0.4) is 0 Å². The molecule has 2 amide bonds. The second kappa shape index (κ2) is 14.3. The van der Waals surface area contributed by atoms with Crippen LogP contribution < -0.4 is 20.1 Å². The van der Waals surface area contributed by atoms with E-state index in [1.807, 2.05) is 48.5 Å². The molecule has 0 atom stereocenters. The fourth-order valence-electron chi connectivity index (χ4n) is 4.83. The molecule has 0 saturated heterocycles. The monoisotopic (exact) mass is 616 g/mol. The molecule has 46 heavy (non-hydrogen) atoms. The van der Waals surface area contributed by atoms with Crippen molar-refractivity contribution < 1.29 is 19.1 Å². The summed E-state index contributed by atoms with van der Waals surface area (Å²) in [5, 5.41) is 5.81. The van der Waals surface area contributed by atoms with Crippen LogP contribution in [0.25, 0.3) is 23.3 Å². The summed E-state index contributed by atoms with van der Waals surface area (Å²) < 4.78 is 11.2. The number of carbonyl (C=O) groups is 2. The second-order valence-electron chi connectivity index (χ2n) is 13.2. The molecule has 0 aliphatic heterocycles. The molecule has 0 saturated carbocycles. The lowest BCUT2D eigenvalue weighted by molar-refractivity contribution is -0.112. The van der Waals surface area contributed by atoms with Crippen molar-refractivity contribution in [3.63, 3.8) is 0 Å². The first-order valence-electron chi connectivity index (χ1n) is 15.3. The molecular formula is C40H44N2O4. The third-order valence-electron chi connectivity index (χ3n) is 7.66. The lowest BCUT2D eigenvalue weighted by Crippen LogP contribution is -2.10. The molecule has 6 heteroatoms. The fraction of sp³-hybridized carbons (Fsp3) is 0.250. The Hall–Kier alpha value is -5.10. The van der Waals surface area contributed by atoms with Crippen molar-refractivity contribution in [1.82, 2.24) is 0 Å². The molecule has 0 heterocycles. The zero-order valence-electron chi connectivity index (χ0n) is 28.0. The van der Waals surface area contributed by atoms with Crippen LogP contribution in [0.4, 0.5) is 11.4 Å². The van der Waals surface area contributed by atoms with E-state index < -0.39 is 0 Å². The highest BCUT2D eigenvalue weighted by atomic mass is 16.5. The first kappa shape index (κ1) is 33.8. The molecule has 0 bridgehead atoms. The minimum atomic E-state index is -0.260. The van der Waals surface area contributed by atoms with Crippen molar-refractivity contribution in [2.45, 2.75) is 52.4 Å². The number of hydrogen-bond donors (Lipinski definition) is 2. The van der Waals surface area contributed by atoms with E-state index in [-0.39, 0.29) is 22.6 Å². The Morgan fingerprint density at radius 2 is 0.891 bits per heavy atom. The summed E-state index contributed by atoms with van der Waals surface area (Å²) in [4.78, 5) is 25.4. The number of anilines is 2. The van der Waals surface area contributed by atoms with Crippen LogP contribution >= 0.6 is 0 Å². The number of ether oxygens (including phenoxy) is 2. The van der Waals surface area contributed by atoms with Gasteiger partial charge in [-0.3, -0.25) is 9.59 Å². The molecule has 0 aliphatic rings. The predicted octanol–water partition coefficient (Wildman–Crippen LogP) is 9.27. The van der Waals surface area contributed by atoms with Crippen molar-refractivity contribution in [2.75, 3.05) is 24.9 Å². The van der Waals surface area contributed by atoms with Crippen LogP contribution in [0.15, 0.2) is 97.1 Å². The van der Waals surface area contributed by atoms with Gasteiger partial charge < -0.3 is 20.1 Å². The van der Waals surface area contributed by atoms with Gasteiger partial charge in [0.05, 0.1) is 25.6 Å². The lowest BCUT2D eigenvalue weighted by Gasteiger charge is -2.18. The Morgan fingerprint density at radius 1 is 0.543 bits per heavy atom. The minimum absolute atomic E-state index is 0.0725. The summed E-state index contributed by atoms with van der Waals surface area (Å²) in [6.45, 7) is 13.0. The predicted molar refractivity (Wildman–Crippen MR) is 191 cm³/mol. The van der Waals surface area contributed by atoms with Crippen LogP contribution in [0.2, 0.25) is 0 Å². The van der Waals surface area contributed by atoms with Gasteiger partial charge in [-0.25, -0.2) is 0 Å². The van der Waals surface area contributed by atoms with Crippen molar-refractivity contribution >= 4 is 35.3 Å². The maximum atomic E-state index is 12.7. The molecule has 0 aromatic heterocycles. The van der Waals surface area contributed by atoms with Gasteiger partial charge in [-0.05, 0) is 80.6 Å². The van der Waals surface area contributed by atoms with E-state index in [0.717, 1.165) is 22.3 Å². The van der Waals surface area contributed by atoms with Gasteiger partial charge in [0.15, 0.2) is 0 Å². The largest absolute Gasteiger partial charge is 0.495 e. The summed E-state index contributed by atoms with van der Waals surface area (Å²) in [7, 11) is 3.13. The van der Waals surface area contributed by atoms with Crippen LogP contribution in [0.1, 0.15) is 63.8 Å². The molecule has 238 valence electrons. The van der Waals surface area contributed by atoms with Crippen LogP contribution in [-0.4, -0.2) is 26.0 Å². The van der Waals surface area contributed by atoms with E-state index in [9.17, 15) is 9.59 Å². The highest BCUT2D eigenvalue weighted by Gasteiger charge is 2.14. The molecule has 4 aromatic carbocycles. The van der Waals surface area contributed by atoms with E-state index in [2.05, 4.69) is 76.4 Å². The summed E-state index contributed by atoms with van der Waals surface area (Å²) in [6, 6.07) is 27.5. The maximum absolute atomic E-state index is 12.7. The number of carbonyl (C=O) groups excluding carboxylic acids is 2. The topological polar surface area (TPSA) is 76.7 Å². The Morgan fingerprint density at radius 3 is 1.20 bits per heavy atom. The van der Waals surface area contributed by atoms with Gasteiger partial charge in [-0.1, -0.05) is 102 Å². The molecule has 2 N–H and O–H groups in total. The number of hydrogen-bond acceptors (Lipinski definition) is 4. The average Bonchev–Trinajstić information content (AvgIpc) is 3.02. The third kappa shape index (κ3) is 8.98. The molecule has 0 radical (unpaired) electrons. The Bertz CT molecular complexity index is 1610. The Kier molecular flexibility index (Phi) is 10.5. The molecule has 0 unspecified atom stereocenters. The van der Waals surface area contributed by atoms with Gasteiger partial charge in [0.2, 0.25) is 11.8 Å². The molecule has 0 spiro atoms. The van der Waals surface area contributed by atoms with E-state index in [1.54, 1.807) is 38.5 Å². The summed E-state index contributed by atoms with van der Waals surface area (Å²) in [5.41, 5.74) is 7.34. The van der Waals surface area contributed by atoms with Gasteiger partial charge >= 0.3 is 0 Å². The van der Waals surface area contributed by atoms with Crippen LogP contribution in [-0.2, 0) is 20.4 Å². The Balaban J connectivity index is 1.42. The van der Waals surface area contributed by atoms with Crippen LogP contribution in [0, 0.1) is 0 Å². The molecule has 6 nitrogen and oxygen atoms in total. The molecule has 0 aliphatic carbocycles. The van der Waals surface area contributed by atoms with Gasteiger partial charge in [-0.15, -0.1) is 0 Å². The first-order chi connectivity index (χ1) is 21.8. The fourth-order valence-corrected chi connectivity index (χ4v) is 4.83. The zero-order valence-corrected chi connectivity index (χ0v) is 28.0. The van der Waals surface area contributed by atoms with Crippen molar-refractivity contribution in [2.24, 2.45) is 0 Å². The molecule has 4 aromatic rings. The number of benzene rings is 4. The first-order valence-corrected chi connectivity index (χ1v) is 15.3. The highest BCUT2D eigenvalue weighted by molar-refractivity contribution is 6.04. The van der Waals surface area contributed by atoms with Gasteiger partial charge in [-0.2, -0.15) is 0 Å². The van der Waals surface area contributed by atoms with Crippen molar-refractivity contribution in [3.8, 4) is 22.6 Å². The number of methoxy groups -OCH3 is 2. The van der Waals surface area contributed by atoms with Gasteiger partial charge in [0.1, 0.15) is 11.5 Å². The average molecular weight is 617 g/mol. The zero-order chi connectivity index (χ0) is 33.5. The summed E-state index contributed by atoms with van der Waals surface area (Å²) >= 11 is 0. The van der Waals surface area contributed by atoms with E-state index in [1.165, 1.54) is 23.3 Å². The van der Waals surface area contributed by atoms with Crippen molar-refractivity contribution in [3.05, 3.63) is 119 Å². The number of nitrogens with one attached hydrogen (secondary N) is 2. The summed E-state index contributed by atoms with van der Waals surface area (Å²) in [6.07, 6.45) is 6.59.